The molecule has 1 aliphatic heterocycles. The molecule has 0 radical (unpaired) electrons. The Morgan fingerprint density at radius 3 is 1.05 bits per heavy atom. The lowest BCUT2D eigenvalue weighted by Gasteiger charge is -2.01. The molecule has 0 spiro atoms. The van der Waals surface area contributed by atoms with Gasteiger partial charge in [0.25, 0.3) is 0 Å². The van der Waals surface area contributed by atoms with Crippen LogP contribution in [0.4, 0.5) is 0 Å². The maximum absolute atomic E-state index is 4.94. The predicted octanol–water partition coefficient (Wildman–Crippen LogP) is 14.3. The highest BCUT2D eigenvalue weighted by Gasteiger charge is 2.17. The summed E-state index contributed by atoms with van der Waals surface area (Å²) < 4.78 is 4.94. The second-order valence-electron chi connectivity index (χ2n) is 11.0. The van der Waals surface area contributed by atoms with Crippen molar-refractivity contribution in [3.8, 4) is 0 Å². The summed E-state index contributed by atoms with van der Waals surface area (Å²) in [5, 5.41) is 0. The van der Waals surface area contributed by atoms with Crippen molar-refractivity contribution in [3.63, 3.8) is 0 Å². The Morgan fingerprint density at radius 1 is 0.605 bits per heavy atom. The van der Waals surface area contributed by atoms with Crippen molar-refractivity contribution < 1.29 is 4.74 Å². The van der Waals surface area contributed by atoms with Crippen molar-refractivity contribution in [2.24, 2.45) is 17.8 Å². The average molecular weight is 543 g/mol. The first-order valence-corrected chi connectivity index (χ1v) is 14.8. The SMILES string of the molecule is C.C.C.C.C1CCCC1.C1CCOC1.CC.CC(C)C.CC(C)C.CC(C)c1ccccc1.CCC1CC1. The molecule has 38 heavy (non-hydrogen) atoms. The van der Waals surface area contributed by atoms with Gasteiger partial charge in [0.05, 0.1) is 0 Å². The molecular weight excluding hydrogens is 460 g/mol. The molecule has 2 saturated carbocycles. The quantitative estimate of drug-likeness (QED) is 0.361. The van der Waals surface area contributed by atoms with Crippen molar-refractivity contribution >= 4 is 0 Å². The van der Waals surface area contributed by atoms with Crippen molar-refractivity contribution in [1.29, 1.82) is 0 Å². The van der Waals surface area contributed by atoms with Crippen LogP contribution in [0.2, 0.25) is 0 Å². The topological polar surface area (TPSA) is 9.23 Å². The number of hydrogen-bond donors (Lipinski definition) is 0. The average Bonchev–Trinajstić information content (AvgIpc) is 3.23. The van der Waals surface area contributed by atoms with Gasteiger partial charge >= 0.3 is 0 Å². The van der Waals surface area contributed by atoms with E-state index in [1.807, 2.05) is 19.9 Å². The molecule has 4 rings (SSSR count). The van der Waals surface area contributed by atoms with Crippen molar-refractivity contribution in [2.45, 2.75) is 176 Å². The van der Waals surface area contributed by atoms with Crippen LogP contribution in [0.3, 0.4) is 0 Å². The Bertz CT molecular complexity index is 400. The van der Waals surface area contributed by atoms with Gasteiger partial charge in [-0.3, -0.25) is 0 Å². The van der Waals surface area contributed by atoms with Crippen molar-refractivity contribution in [2.75, 3.05) is 13.2 Å². The fourth-order valence-corrected chi connectivity index (χ4v) is 2.76. The lowest BCUT2D eigenvalue weighted by atomic mass is 10.0. The van der Waals surface area contributed by atoms with E-state index in [0.717, 1.165) is 31.0 Å². The smallest absolute Gasteiger partial charge is 0.0466 e. The van der Waals surface area contributed by atoms with E-state index in [1.54, 1.807) is 0 Å². The molecule has 1 aromatic rings. The van der Waals surface area contributed by atoms with Crippen LogP contribution >= 0.6 is 0 Å². The van der Waals surface area contributed by atoms with E-state index in [0.29, 0.717) is 5.92 Å². The zero-order chi connectivity index (χ0) is 26.6. The minimum atomic E-state index is 0. The third kappa shape index (κ3) is 60.0. The van der Waals surface area contributed by atoms with Gasteiger partial charge in [-0.15, -0.1) is 0 Å². The number of ether oxygens (including phenoxy) is 1. The third-order valence-electron chi connectivity index (χ3n) is 4.82. The summed E-state index contributed by atoms with van der Waals surface area (Å²) in [6.07, 6.45) is 14.5. The first kappa shape index (κ1) is 53.4. The summed E-state index contributed by atoms with van der Waals surface area (Å²) in [6.45, 7) is 25.7. The first-order chi connectivity index (χ1) is 16.2. The standard InChI is InChI=1S/C9H12.2C5H10.C4H8O.2C4H10.C2H6.4CH4/c1-8(2)9-6-4-3-5-7-9;1-2-5-3-4-5;2*1-2-4-5-3-1;2*1-4(2)3;1-2;;;;/h3-8H,1-2H3;5H,2-4H2,1H3;1-5H2;1-4H2;2*4H,1-3H3;1-2H3;4*1H4. The minimum absolute atomic E-state index is 0. The van der Waals surface area contributed by atoms with E-state index in [9.17, 15) is 0 Å². The van der Waals surface area contributed by atoms with Gasteiger partial charge < -0.3 is 4.74 Å². The summed E-state index contributed by atoms with van der Waals surface area (Å²) in [5.41, 5.74) is 1.41. The van der Waals surface area contributed by atoms with Crippen LogP contribution in [0, 0.1) is 17.8 Å². The van der Waals surface area contributed by atoms with Crippen LogP contribution in [-0.2, 0) is 4.74 Å². The summed E-state index contributed by atoms with van der Waals surface area (Å²) in [5.74, 6) is 3.46. The monoisotopic (exact) mass is 543 g/mol. The first-order valence-electron chi connectivity index (χ1n) is 14.8. The third-order valence-corrected chi connectivity index (χ3v) is 4.82. The van der Waals surface area contributed by atoms with Crippen LogP contribution in [-0.4, -0.2) is 13.2 Å². The maximum Gasteiger partial charge on any atom is 0.0466 e. The molecule has 0 atom stereocenters. The molecule has 236 valence electrons. The largest absolute Gasteiger partial charge is 0.381 e. The second-order valence-corrected chi connectivity index (χ2v) is 11.0. The molecule has 0 amide bonds. The molecule has 1 saturated heterocycles. The van der Waals surface area contributed by atoms with Gasteiger partial charge in [0, 0.05) is 13.2 Å². The fourth-order valence-electron chi connectivity index (χ4n) is 2.76. The van der Waals surface area contributed by atoms with E-state index < -0.39 is 0 Å². The minimum Gasteiger partial charge on any atom is -0.381 e. The van der Waals surface area contributed by atoms with Crippen LogP contribution < -0.4 is 0 Å². The fraction of sp³-hybridized carbons (Fsp3) is 0.838. The molecule has 0 aromatic heterocycles. The summed E-state index contributed by atoms with van der Waals surface area (Å²) in [6, 6.07) is 10.5. The van der Waals surface area contributed by atoms with E-state index >= 15 is 0 Å². The van der Waals surface area contributed by atoms with Gasteiger partial charge in [0.1, 0.15) is 0 Å². The van der Waals surface area contributed by atoms with E-state index in [1.165, 1.54) is 69.8 Å². The van der Waals surface area contributed by atoms with E-state index in [-0.39, 0.29) is 29.7 Å². The highest BCUT2D eigenvalue weighted by Crippen LogP contribution is 2.31. The lowest BCUT2D eigenvalue weighted by Crippen LogP contribution is -1.83. The molecule has 2 aliphatic carbocycles. The molecule has 1 heteroatoms. The highest BCUT2D eigenvalue weighted by atomic mass is 16.5. The second kappa shape index (κ2) is 43.2. The highest BCUT2D eigenvalue weighted by molar-refractivity contribution is 5.17. The number of benzene rings is 1. The summed E-state index contributed by atoms with van der Waals surface area (Å²) in [4.78, 5) is 0. The maximum atomic E-state index is 4.94. The van der Waals surface area contributed by atoms with Crippen LogP contribution in [0.5, 0.6) is 0 Å². The molecule has 1 aromatic carbocycles. The van der Waals surface area contributed by atoms with Gasteiger partial charge in [-0.2, -0.15) is 0 Å². The summed E-state index contributed by atoms with van der Waals surface area (Å²) in [7, 11) is 0. The number of hydrogen-bond acceptors (Lipinski definition) is 1. The zero-order valence-electron chi connectivity index (χ0n) is 25.6. The molecular formula is C37H82O. The Hall–Kier alpha value is -0.820. The van der Waals surface area contributed by atoms with E-state index in [4.69, 9.17) is 4.74 Å². The predicted molar refractivity (Wildman–Crippen MR) is 186 cm³/mol. The van der Waals surface area contributed by atoms with Crippen LogP contribution in [0.15, 0.2) is 30.3 Å². The normalized spacial score (nSPS) is 13.8. The van der Waals surface area contributed by atoms with Crippen molar-refractivity contribution in [3.05, 3.63) is 35.9 Å². The number of rotatable bonds is 2. The lowest BCUT2D eigenvalue weighted by molar-refractivity contribution is 0.198. The van der Waals surface area contributed by atoms with Gasteiger partial charge in [-0.05, 0) is 42.1 Å². The molecule has 0 unspecified atom stereocenters. The van der Waals surface area contributed by atoms with Crippen molar-refractivity contribution in [1.82, 2.24) is 0 Å². The summed E-state index contributed by atoms with van der Waals surface area (Å²) >= 11 is 0. The van der Waals surface area contributed by atoms with Gasteiger partial charge in [0.2, 0.25) is 0 Å². The van der Waals surface area contributed by atoms with Gasteiger partial charge in [0.15, 0.2) is 0 Å². The Labute approximate surface area is 247 Å². The van der Waals surface area contributed by atoms with E-state index in [2.05, 4.69) is 86.6 Å². The molecule has 3 aliphatic rings. The molecule has 0 bridgehead atoms. The zero-order valence-corrected chi connectivity index (χ0v) is 25.6. The van der Waals surface area contributed by atoms with Gasteiger partial charge in [-0.25, -0.2) is 0 Å². The van der Waals surface area contributed by atoms with Crippen LogP contribution in [0.25, 0.3) is 0 Å². The van der Waals surface area contributed by atoms with Gasteiger partial charge in [-0.1, -0.05) is 188 Å². The molecule has 3 fully saturated rings. The Morgan fingerprint density at radius 2 is 0.921 bits per heavy atom. The van der Waals surface area contributed by atoms with Crippen LogP contribution in [0.1, 0.15) is 182 Å². The molecule has 1 nitrogen and oxygen atoms in total. The molecule has 1 heterocycles. The Kier molecular flexibility index (Phi) is 60.8. The Balaban J connectivity index is -0.0000000601. The molecule has 0 N–H and O–H groups in total.